The average molecular weight is 232 g/mol. The van der Waals surface area contributed by atoms with Crippen LogP contribution in [0, 0.1) is 12.3 Å². The fourth-order valence-electron chi connectivity index (χ4n) is 2.91. The summed E-state index contributed by atoms with van der Waals surface area (Å²) < 4.78 is 0. The highest BCUT2D eigenvalue weighted by atomic mass is 14.9. The largest absolute Gasteiger partial charge is 0.398 e. The van der Waals surface area contributed by atoms with Gasteiger partial charge in [-0.1, -0.05) is 25.8 Å². The lowest BCUT2D eigenvalue weighted by molar-refractivity contribution is 0.307. The number of hydrogen-bond acceptors (Lipinski definition) is 2. The lowest BCUT2D eigenvalue weighted by atomic mass is 9.83. The van der Waals surface area contributed by atoms with Crippen LogP contribution < -0.4 is 11.1 Å². The highest BCUT2D eigenvalue weighted by Crippen LogP contribution is 2.41. The zero-order chi connectivity index (χ0) is 12.3. The molecule has 1 aromatic rings. The van der Waals surface area contributed by atoms with Crippen LogP contribution >= 0.6 is 0 Å². The van der Waals surface area contributed by atoms with Gasteiger partial charge >= 0.3 is 0 Å². The van der Waals surface area contributed by atoms with Gasteiger partial charge in [0.15, 0.2) is 0 Å². The molecule has 2 nitrogen and oxygen atoms in total. The van der Waals surface area contributed by atoms with E-state index in [0.29, 0.717) is 5.41 Å². The van der Waals surface area contributed by atoms with Crippen LogP contribution in [0.15, 0.2) is 18.2 Å². The van der Waals surface area contributed by atoms with Crippen molar-refractivity contribution in [3.8, 4) is 0 Å². The molecule has 0 radical (unpaired) electrons. The van der Waals surface area contributed by atoms with Crippen LogP contribution in [-0.4, -0.2) is 6.54 Å². The second kappa shape index (κ2) is 4.99. The monoisotopic (exact) mass is 232 g/mol. The molecule has 0 amide bonds. The highest BCUT2D eigenvalue weighted by molar-refractivity contribution is 5.62. The topological polar surface area (TPSA) is 38.0 Å². The van der Waals surface area contributed by atoms with Gasteiger partial charge in [0, 0.05) is 17.9 Å². The molecular weight excluding hydrogens is 208 g/mol. The van der Waals surface area contributed by atoms with Crippen LogP contribution in [0.5, 0.6) is 0 Å². The van der Waals surface area contributed by atoms with Crippen molar-refractivity contribution in [2.24, 2.45) is 5.41 Å². The van der Waals surface area contributed by atoms with E-state index in [9.17, 15) is 0 Å². The molecule has 2 rings (SSSR count). The Morgan fingerprint density at radius 2 is 2.00 bits per heavy atom. The smallest absolute Gasteiger partial charge is 0.0390 e. The number of anilines is 2. The molecule has 0 spiro atoms. The summed E-state index contributed by atoms with van der Waals surface area (Å²) in [5.41, 5.74) is 9.71. The van der Waals surface area contributed by atoms with E-state index < -0.39 is 0 Å². The summed E-state index contributed by atoms with van der Waals surface area (Å²) in [5, 5.41) is 3.61. The molecule has 1 aromatic carbocycles. The molecule has 0 aliphatic heterocycles. The van der Waals surface area contributed by atoms with Gasteiger partial charge in [-0.25, -0.2) is 0 Å². The Hall–Kier alpha value is -1.18. The maximum atomic E-state index is 5.93. The molecule has 1 aliphatic carbocycles. The number of nitrogens with two attached hydrogens (primary N) is 1. The first-order valence-corrected chi connectivity index (χ1v) is 6.76. The number of nitrogen functional groups attached to an aromatic ring is 1. The molecule has 0 saturated heterocycles. The van der Waals surface area contributed by atoms with Crippen molar-refractivity contribution < 1.29 is 0 Å². The van der Waals surface area contributed by atoms with Gasteiger partial charge in [0.1, 0.15) is 0 Å². The quantitative estimate of drug-likeness (QED) is 0.771. The normalized spacial score (nSPS) is 18.2. The van der Waals surface area contributed by atoms with Crippen molar-refractivity contribution in [2.45, 2.75) is 46.0 Å². The van der Waals surface area contributed by atoms with E-state index in [0.717, 1.165) is 12.2 Å². The van der Waals surface area contributed by atoms with Crippen LogP contribution in [0.3, 0.4) is 0 Å². The van der Waals surface area contributed by atoms with Gasteiger partial charge in [-0.2, -0.15) is 0 Å². The van der Waals surface area contributed by atoms with Gasteiger partial charge in [-0.15, -0.1) is 0 Å². The predicted molar refractivity (Wildman–Crippen MR) is 75.3 cm³/mol. The first kappa shape index (κ1) is 12.3. The minimum atomic E-state index is 0.525. The molecule has 94 valence electrons. The Kier molecular flexibility index (Phi) is 3.60. The Morgan fingerprint density at radius 1 is 1.29 bits per heavy atom. The van der Waals surface area contributed by atoms with E-state index in [2.05, 4.69) is 25.2 Å². The van der Waals surface area contributed by atoms with Crippen molar-refractivity contribution in [3.63, 3.8) is 0 Å². The van der Waals surface area contributed by atoms with Crippen molar-refractivity contribution in [1.82, 2.24) is 0 Å². The Labute approximate surface area is 105 Å². The minimum absolute atomic E-state index is 0.525. The van der Waals surface area contributed by atoms with Crippen molar-refractivity contribution in [1.29, 1.82) is 0 Å². The molecule has 0 atom stereocenters. The lowest BCUT2D eigenvalue weighted by Crippen LogP contribution is -2.26. The second-order valence-corrected chi connectivity index (χ2v) is 5.43. The molecule has 0 heterocycles. The van der Waals surface area contributed by atoms with E-state index in [1.54, 1.807) is 0 Å². The molecular formula is C15H24N2. The molecule has 1 aliphatic rings. The zero-order valence-electron chi connectivity index (χ0n) is 11.1. The van der Waals surface area contributed by atoms with Gasteiger partial charge in [-0.3, -0.25) is 0 Å². The Morgan fingerprint density at radius 3 is 2.65 bits per heavy atom. The molecule has 3 N–H and O–H groups in total. The molecule has 0 unspecified atom stereocenters. The predicted octanol–water partition coefficient (Wildman–Crippen LogP) is 3.96. The van der Waals surface area contributed by atoms with E-state index in [1.165, 1.54) is 43.4 Å². The van der Waals surface area contributed by atoms with E-state index >= 15 is 0 Å². The van der Waals surface area contributed by atoms with Crippen LogP contribution in [0.2, 0.25) is 0 Å². The fraction of sp³-hybridized carbons (Fsp3) is 0.600. The van der Waals surface area contributed by atoms with Crippen LogP contribution in [0.1, 0.15) is 44.6 Å². The molecule has 0 aromatic heterocycles. The van der Waals surface area contributed by atoms with Crippen molar-refractivity contribution in [2.75, 3.05) is 17.6 Å². The maximum Gasteiger partial charge on any atom is 0.0390 e. The SMILES string of the molecule is CCC1(CNc2cccc(N)c2C)CCCC1. The molecule has 1 saturated carbocycles. The van der Waals surface area contributed by atoms with Crippen LogP contribution in [0.4, 0.5) is 11.4 Å². The summed E-state index contributed by atoms with van der Waals surface area (Å²) >= 11 is 0. The van der Waals surface area contributed by atoms with Gasteiger partial charge in [0.2, 0.25) is 0 Å². The summed E-state index contributed by atoms with van der Waals surface area (Å²) in [6.45, 7) is 5.50. The summed E-state index contributed by atoms with van der Waals surface area (Å²) in [6, 6.07) is 6.12. The van der Waals surface area contributed by atoms with Gasteiger partial charge in [0.05, 0.1) is 0 Å². The zero-order valence-corrected chi connectivity index (χ0v) is 11.1. The number of hydrogen-bond donors (Lipinski definition) is 2. The summed E-state index contributed by atoms with van der Waals surface area (Å²) in [4.78, 5) is 0. The first-order chi connectivity index (χ1) is 8.17. The fourth-order valence-corrected chi connectivity index (χ4v) is 2.91. The molecule has 1 fully saturated rings. The summed E-state index contributed by atoms with van der Waals surface area (Å²) in [6.07, 6.45) is 6.81. The second-order valence-electron chi connectivity index (χ2n) is 5.43. The van der Waals surface area contributed by atoms with E-state index in [1.807, 2.05) is 12.1 Å². The minimum Gasteiger partial charge on any atom is -0.398 e. The molecule has 17 heavy (non-hydrogen) atoms. The maximum absolute atomic E-state index is 5.93. The summed E-state index contributed by atoms with van der Waals surface area (Å²) in [7, 11) is 0. The third kappa shape index (κ3) is 2.56. The lowest BCUT2D eigenvalue weighted by Gasteiger charge is -2.28. The van der Waals surface area contributed by atoms with E-state index in [4.69, 9.17) is 5.73 Å². The Balaban J connectivity index is 2.04. The standard InChI is InChI=1S/C15H24N2/c1-3-15(9-4-5-10-15)11-17-14-8-6-7-13(16)12(14)2/h6-8,17H,3-5,9-11,16H2,1-2H3. The Bertz CT molecular complexity index is 379. The molecule has 0 bridgehead atoms. The number of benzene rings is 1. The van der Waals surface area contributed by atoms with E-state index in [-0.39, 0.29) is 0 Å². The third-order valence-corrected chi connectivity index (χ3v) is 4.44. The van der Waals surface area contributed by atoms with Gasteiger partial charge < -0.3 is 11.1 Å². The highest BCUT2D eigenvalue weighted by Gasteiger charge is 2.31. The summed E-state index contributed by atoms with van der Waals surface area (Å²) in [5.74, 6) is 0. The van der Waals surface area contributed by atoms with Crippen molar-refractivity contribution in [3.05, 3.63) is 23.8 Å². The van der Waals surface area contributed by atoms with Crippen molar-refractivity contribution >= 4 is 11.4 Å². The van der Waals surface area contributed by atoms with Crippen LogP contribution in [-0.2, 0) is 0 Å². The average Bonchev–Trinajstić information content (AvgIpc) is 2.81. The number of rotatable bonds is 4. The molecule has 2 heteroatoms. The van der Waals surface area contributed by atoms with Gasteiger partial charge in [0.25, 0.3) is 0 Å². The van der Waals surface area contributed by atoms with Gasteiger partial charge in [-0.05, 0) is 49.3 Å². The van der Waals surface area contributed by atoms with Crippen LogP contribution in [0.25, 0.3) is 0 Å². The first-order valence-electron chi connectivity index (χ1n) is 6.76. The number of nitrogens with one attached hydrogen (secondary N) is 1. The third-order valence-electron chi connectivity index (χ3n) is 4.44.